The van der Waals surface area contributed by atoms with Gasteiger partial charge in [-0.3, -0.25) is 4.79 Å². The number of amides is 1. The van der Waals surface area contributed by atoms with Crippen LogP contribution in [-0.2, 0) is 12.8 Å². The molecule has 0 N–H and O–H groups in total. The molecule has 1 aromatic heterocycles. The number of carbonyl (C=O) groups is 1. The first kappa shape index (κ1) is 21.8. The summed E-state index contributed by atoms with van der Waals surface area (Å²) in [6.45, 7) is 4.01. The van der Waals surface area contributed by atoms with E-state index in [1.807, 2.05) is 19.9 Å². The fourth-order valence-electron chi connectivity index (χ4n) is 2.60. The standard InChI is InChI=1S/C22H21F3N2O2S/c1-14(2)27(3)21(28)19-13-30-20(26-19)16-5-4-6-18(11-16)29-12-15-7-9-17(10-8-15)22(23,24)25/h4-11,13-14H,12H2,1-3H3. The van der Waals surface area contributed by atoms with Crippen molar-refractivity contribution in [3.63, 3.8) is 0 Å². The molecule has 0 radical (unpaired) electrons. The van der Waals surface area contributed by atoms with E-state index in [1.54, 1.807) is 35.5 Å². The van der Waals surface area contributed by atoms with Gasteiger partial charge in [0.05, 0.1) is 5.56 Å². The molecule has 0 saturated heterocycles. The summed E-state index contributed by atoms with van der Waals surface area (Å²) < 4.78 is 43.7. The van der Waals surface area contributed by atoms with E-state index in [2.05, 4.69) is 4.98 Å². The van der Waals surface area contributed by atoms with E-state index < -0.39 is 11.7 Å². The van der Waals surface area contributed by atoms with E-state index in [-0.39, 0.29) is 18.6 Å². The number of alkyl halides is 3. The molecule has 158 valence electrons. The highest BCUT2D eigenvalue weighted by atomic mass is 32.1. The van der Waals surface area contributed by atoms with Gasteiger partial charge < -0.3 is 9.64 Å². The summed E-state index contributed by atoms with van der Waals surface area (Å²) >= 11 is 1.37. The van der Waals surface area contributed by atoms with Gasteiger partial charge in [-0.05, 0) is 43.7 Å². The fraction of sp³-hybridized carbons (Fsp3) is 0.273. The molecule has 3 rings (SSSR count). The largest absolute Gasteiger partial charge is 0.489 e. The minimum Gasteiger partial charge on any atom is -0.489 e. The van der Waals surface area contributed by atoms with Gasteiger partial charge in [0.2, 0.25) is 0 Å². The van der Waals surface area contributed by atoms with Crippen LogP contribution in [0.3, 0.4) is 0 Å². The molecule has 2 aromatic carbocycles. The number of ether oxygens (including phenoxy) is 1. The Kier molecular flexibility index (Phi) is 6.45. The Morgan fingerprint density at radius 3 is 2.50 bits per heavy atom. The maximum Gasteiger partial charge on any atom is 0.416 e. The Bertz CT molecular complexity index is 1010. The van der Waals surface area contributed by atoms with Crippen molar-refractivity contribution in [1.82, 2.24) is 9.88 Å². The molecule has 0 unspecified atom stereocenters. The zero-order chi connectivity index (χ0) is 21.9. The first-order valence-corrected chi connectivity index (χ1v) is 10.1. The number of hydrogen-bond acceptors (Lipinski definition) is 4. The van der Waals surface area contributed by atoms with Gasteiger partial charge >= 0.3 is 6.18 Å². The van der Waals surface area contributed by atoms with E-state index in [4.69, 9.17) is 4.74 Å². The number of rotatable bonds is 6. The van der Waals surface area contributed by atoms with Crippen LogP contribution in [0.25, 0.3) is 10.6 Å². The molecule has 0 aliphatic rings. The third kappa shape index (κ3) is 5.18. The zero-order valence-corrected chi connectivity index (χ0v) is 17.6. The molecule has 0 fully saturated rings. The van der Waals surface area contributed by atoms with Crippen molar-refractivity contribution < 1.29 is 22.7 Å². The summed E-state index contributed by atoms with van der Waals surface area (Å²) in [6.07, 6.45) is -4.36. The van der Waals surface area contributed by atoms with Gasteiger partial charge in [-0.15, -0.1) is 11.3 Å². The monoisotopic (exact) mass is 434 g/mol. The Morgan fingerprint density at radius 1 is 1.17 bits per heavy atom. The minimum absolute atomic E-state index is 0.0737. The first-order chi connectivity index (χ1) is 14.1. The summed E-state index contributed by atoms with van der Waals surface area (Å²) in [6, 6.07) is 12.2. The van der Waals surface area contributed by atoms with Crippen LogP contribution < -0.4 is 4.74 Å². The van der Waals surface area contributed by atoms with Gasteiger partial charge in [-0.1, -0.05) is 24.3 Å². The van der Waals surface area contributed by atoms with Crippen molar-refractivity contribution in [3.8, 4) is 16.3 Å². The number of halogens is 3. The first-order valence-electron chi connectivity index (χ1n) is 9.27. The predicted molar refractivity (Wildman–Crippen MR) is 111 cm³/mol. The molecular formula is C22H21F3N2O2S. The summed E-state index contributed by atoms with van der Waals surface area (Å²) in [5.74, 6) is 0.428. The average Bonchev–Trinajstić information content (AvgIpc) is 3.21. The number of thiazole rings is 1. The lowest BCUT2D eigenvalue weighted by Gasteiger charge is -2.19. The van der Waals surface area contributed by atoms with Gasteiger partial charge in [-0.2, -0.15) is 13.2 Å². The Morgan fingerprint density at radius 2 is 1.87 bits per heavy atom. The second-order valence-corrected chi connectivity index (χ2v) is 7.92. The maximum atomic E-state index is 12.7. The number of carbonyl (C=O) groups excluding carboxylic acids is 1. The Balaban J connectivity index is 1.69. The molecule has 0 bridgehead atoms. The third-order valence-corrected chi connectivity index (χ3v) is 5.48. The van der Waals surface area contributed by atoms with Crippen molar-refractivity contribution in [3.05, 3.63) is 70.7 Å². The van der Waals surface area contributed by atoms with E-state index in [0.29, 0.717) is 22.0 Å². The van der Waals surface area contributed by atoms with Crippen molar-refractivity contribution in [1.29, 1.82) is 0 Å². The van der Waals surface area contributed by atoms with Gasteiger partial charge in [0.25, 0.3) is 5.91 Å². The molecule has 0 saturated carbocycles. The second kappa shape index (κ2) is 8.87. The van der Waals surface area contributed by atoms with Crippen molar-refractivity contribution in [2.24, 2.45) is 0 Å². The van der Waals surface area contributed by atoms with Crippen LogP contribution in [0.1, 0.15) is 35.5 Å². The lowest BCUT2D eigenvalue weighted by molar-refractivity contribution is -0.137. The number of benzene rings is 2. The molecular weight excluding hydrogens is 413 g/mol. The summed E-state index contributed by atoms with van der Waals surface area (Å²) in [7, 11) is 1.74. The normalized spacial score (nSPS) is 11.6. The Labute approximate surface area is 176 Å². The molecule has 1 heterocycles. The lowest BCUT2D eigenvalue weighted by Crippen LogP contribution is -2.33. The van der Waals surface area contributed by atoms with Crippen LogP contribution in [0.15, 0.2) is 53.9 Å². The van der Waals surface area contributed by atoms with Gasteiger partial charge in [-0.25, -0.2) is 4.98 Å². The highest BCUT2D eigenvalue weighted by Crippen LogP contribution is 2.30. The SMILES string of the molecule is CC(C)N(C)C(=O)c1csc(-c2cccc(OCc3ccc(C(F)(F)F)cc3)c2)n1. The van der Waals surface area contributed by atoms with Crippen LogP contribution in [0.4, 0.5) is 13.2 Å². The second-order valence-electron chi connectivity index (χ2n) is 7.06. The quantitative estimate of drug-likeness (QED) is 0.486. The highest BCUT2D eigenvalue weighted by molar-refractivity contribution is 7.13. The number of nitrogens with zero attached hydrogens (tertiary/aromatic N) is 2. The van der Waals surface area contributed by atoms with E-state index in [0.717, 1.165) is 17.7 Å². The van der Waals surface area contributed by atoms with Crippen LogP contribution in [0, 0.1) is 0 Å². The molecule has 0 aliphatic heterocycles. The topological polar surface area (TPSA) is 42.4 Å². The van der Waals surface area contributed by atoms with Gasteiger partial charge in [0.15, 0.2) is 0 Å². The number of hydrogen-bond donors (Lipinski definition) is 0. The molecule has 8 heteroatoms. The molecule has 3 aromatic rings. The van der Waals surface area contributed by atoms with Crippen LogP contribution in [-0.4, -0.2) is 28.9 Å². The van der Waals surface area contributed by atoms with E-state index >= 15 is 0 Å². The smallest absolute Gasteiger partial charge is 0.416 e. The molecule has 4 nitrogen and oxygen atoms in total. The third-order valence-electron chi connectivity index (χ3n) is 4.59. The highest BCUT2D eigenvalue weighted by Gasteiger charge is 2.29. The molecule has 0 spiro atoms. The van der Waals surface area contributed by atoms with Crippen molar-refractivity contribution >= 4 is 17.2 Å². The van der Waals surface area contributed by atoms with Crippen LogP contribution >= 0.6 is 11.3 Å². The summed E-state index contributed by atoms with van der Waals surface area (Å²) in [5, 5.41) is 2.42. The molecule has 0 atom stereocenters. The van der Waals surface area contributed by atoms with E-state index in [1.165, 1.54) is 23.5 Å². The average molecular weight is 434 g/mol. The lowest BCUT2D eigenvalue weighted by atomic mass is 10.1. The fourth-order valence-corrected chi connectivity index (χ4v) is 3.39. The predicted octanol–water partition coefficient (Wildman–Crippen LogP) is 5.89. The van der Waals surface area contributed by atoms with Gasteiger partial charge in [0.1, 0.15) is 23.1 Å². The van der Waals surface area contributed by atoms with Crippen molar-refractivity contribution in [2.75, 3.05) is 7.05 Å². The number of aromatic nitrogens is 1. The van der Waals surface area contributed by atoms with E-state index in [9.17, 15) is 18.0 Å². The van der Waals surface area contributed by atoms with Gasteiger partial charge in [0, 0.05) is 24.0 Å². The molecule has 0 aliphatic carbocycles. The molecule has 30 heavy (non-hydrogen) atoms. The maximum absolute atomic E-state index is 12.7. The zero-order valence-electron chi connectivity index (χ0n) is 16.7. The molecule has 1 amide bonds. The van der Waals surface area contributed by atoms with Crippen molar-refractivity contribution in [2.45, 2.75) is 32.7 Å². The minimum atomic E-state index is -4.36. The van der Waals surface area contributed by atoms with Crippen LogP contribution in [0.5, 0.6) is 5.75 Å². The Hall–Kier alpha value is -2.87. The summed E-state index contributed by atoms with van der Waals surface area (Å²) in [4.78, 5) is 18.5. The van der Waals surface area contributed by atoms with Crippen LogP contribution in [0.2, 0.25) is 0 Å². The summed E-state index contributed by atoms with van der Waals surface area (Å²) in [5.41, 5.74) is 1.14.